The van der Waals surface area contributed by atoms with Crippen LogP contribution in [-0.4, -0.2) is 9.97 Å². The molecule has 2 nitrogen and oxygen atoms in total. The number of aryl methyl sites for hydroxylation is 1. The summed E-state index contributed by atoms with van der Waals surface area (Å²) in [5.41, 5.74) is 6.09. The fourth-order valence-corrected chi connectivity index (χ4v) is 4.21. The van der Waals surface area contributed by atoms with E-state index in [9.17, 15) is 4.39 Å². The number of fused-ring (bicyclic) bond motifs is 2. The van der Waals surface area contributed by atoms with E-state index in [1.165, 1.54) is 21.9 Å². The first-order valence-electron chi connectivity index (χ1n) is 9.66. The van der Waals surface area contributed by atoms with Gasteiger partial charge in [0, 0.05) is 40.1 Å². The van der Waals surface area contributed by atoms with Crippen LogP contribution in [0.2, 0.25) is 0 Å². The standard InChI is InChI=1S/C25H21FN2/c26-18-12-9-17(10-13-18)11-14-19(22-15-27-24-7-3-1-5-20(22)24)23-16-28-25-8-4-2-6-21(23)25/h1-10,12-13,15-16,19,27-28H,11,14H2. The van der Waals surface area contributed by atoms with Gasteiger partial charge >= 0.3 is 0 Å². The second-order valence-electron chi connectivity index (χ2n) is 7.30. The fourth-order valence-electron chi connectivity index (χ4n) is 4.21. The minimum Gasteiger partial charge on any atom is -0.361 e. The normalized spacial score (nSPS) is 11.6. The van der Waals surface area contributed by atoms with Crippen LogP contribution >= 0.6 is 0 Å². The van der Waals surface area contributed by atoms with Crippen LogP contribution in [0.5, 0.6) is 0 Å². The molecule has 138 valence electrons. The van der Waals surface area contributed by atoms with Crippen LogP contribution in [0.3, 0.4) is 0 Å². The molecule has 0 atom stereocenters. The highest BCUT2D eigenvalue weighted by Crippen LogP contribution is 2.37. The van der Waals surface area contributed by atoms with Crippen LogP contribution in [0.25, 0.3) is 21.8 Å². The van der Waals surface area contributed by atoms with Crippen molar-refractivity contribution in [1.29, 1.82) is 0 Å². The van der Waals surface area contributed by atoms with E-state index >= 15 is 0 Å². The van der Waals surface area contributed by atoms with Gasteiger partial charge in [-0.2, -0.15) is 0 Å². The van der Waals surface area contributed by atoms with Crippen molar-refractivity contribution >= 4 is 21.8 Å². The first-order chi connectivity index (χ1) is 13.8. The van der Waals surface area contributed by atoms with Crippen LogP contribution in [0.1, 0.15) is 29.0 Å². The molecule has 0 saturated carbocycles. The molecule has 28 heavy (non-hydrogen) atoms. The molecule has 2 N–H and O–H groups in total. The summed E-state index contributed by atoms with van der Waals surface area (Å²) in [5, 5.41) is 2.52. The smallest absolute Gasteiger partial charge is 0.123 e. The van der Waals surface area contributed by atoms with Crippen molar-refractivity contribution in [2.45, 2.75) is 18.8 Å². The average molecular weight is 368 g/mol. The van der Waals surface area contributed by atoms with Crippen LogP contribution in [0.15, 0.2) is 85.2 Å². The molecule has 0 fully saturated rings. The Morgan fingerprint density at radius 2 is 1.21 bits per heavy atom. The van der Waals surface area contributed by atoms with Crippen LogP contribution in [0, 0.1) is 5.82 Å². The summed E-state index contributed by atoms with van der Waals surface area (Å²) in [6.07, 6.45) is 6.13. The van der Waals surface area contributed by atoms with Crippen molar-refractivity contribution in [2.24, 2.45) is 0 Å². The minimum atomic E-state index is -0.187. The van der Waals surface area contributed by atoms with Gasteiger partial charge in [0.25, 0.3) is 0 Å². The lowest BCUT2D eigenvalue weighted by atomic mass is 9.86. The van der Waals surface area contributed by atoms with Gasteiger partial charge in [-0.05, 0) is 53.8 Å². The molecule has 2 aromatic heterocycles. The van der Waals surface area contributed by atoms with Crippen molar-refractivity contribution < 1.29 is 4.39 Å². The Morgan fingerprint density at radius 1 is 0.679 bits per heavy atom. The average Bonchev–Trinajstić information content (AvgIpc) is 3.35. The number of nitrogens with one attached hydrogen (secondary N) is 2. The maximum absolute atomic E-state index is 13.3. The second-order valence-corrected chi connectivity index (χ2v) is 7.30. The molecule has 0 amide bonds. The molecule has 5 aromatic rings. The highest BCUT2D eigenvalue weighted by Gasteiger charge is 2.21. The topological polar surface area (TPSA) is 31.6 Å². The Hall–Kier alpha value is -3.33. The zero-order valence-corrected chi connectivity index (χ0v) is 15.5. The minimum absolute atomic E-state index is 0.187. The van der Waals surface area contributed by atoms with Crippen molar-refractivity contribution in [1.82, 2.24) is 9.97 Å². The molecule has 0 aliphatic rings. The number of aromatic nitrogens is 2. The van der Waals surface area contributed by atoms with E-state index in [2.05, 4.69) is 70.9 Å². The number of hydrogen-bond donors (Lipinski definition) is 2. The van der Waals surface area contributed by atoms with E-state index in [0.717, 1.165) is 29.4 Å². The SMILES string of the molecule is Fc1ccc(CCC(c2c[nH]c3ccccc23)c2c[nH]c3ccccc23)cc1. The lowest BCUT2D eigenvalue weighted by Crippen LogP contribution is -2.02. The van der Waals surface area contributed by atoms with Gasteiger partial charge in [0.2, 0.25) is 0 Å². The Morgan fingerprint density at radius 3 is 1.79 bits per heavy atom. The zero-order valence-electron chi connectivity index (χ0n) is 15.5. The van der Waals surface area contributed by atoms with E-state index in [-0.39, 0.29) is 11.7 Å². The van der Waals surface area contributed by atoms with Crippen LogP contribution in [0.4, 0.5) is 4.39 Å². The molecule has 0 unspecified atom stereocenters. The summed E-state index contributed by atoms with van der Waals surface area (Å²) in [6.45, 7) is 0. The summed E-state index contributed by atoms with van der Waals surface area (Å²) in [7, 11) is 0. The monoisotopic (exact) mass is 368 g/mol. The van der Waals surface area contributed by atoms with Gasteiger partial charge in [0.15, 0.2) is 0 Å². The molecule has 0 aliphatic heterocycles. The van der Waals surface area contributed by atoms with Gasteiger partial charge in [0.05, 0.1) is 0 Å². The third kappa shape index (κ3) is 2.99. The van der Waals surface area contributed by atoms with E-state index in [1.807, 2.05) is 12.1 Å². The molecule has 0 aliphatic carbocycles. The summed E-state index contributed by atoms with van der Waals surface area (Å²) < 4.78 is 13.3. The third-order valence-electron chi connectivity index (χ3n) is 5.63. The molecular formula is C25H21FN2. The van der Waals surface area contributed by atoms with Gasteiger partial charge in [-0.3, -0.25) is 0 Å². The maximum Gasteiger partial charge on any atom is 0.123 e. The van der Waals surface area contributed by atoms with E-state index in [4.69, 9.17) is 0 Å². The second kappa shape index (κ2) is 7.01. The Kier molecular flexibility index (Phi) is 4.21. The van der Waals surface area contributed by atoms with Gasteiger partial charge in [-0.1, -0.05) is 48.5 Å². The first kappa shape index (κ1) is 16.8. The van der Waals surface area contributed by atoms with E-state index in [0.29, 0.717) is 0 Å². The number of benzene rings is 3. The van der Waals surface area contributed by atoms with Gasteiger partial charge in [0.1, 0.15) is 5.82 Å². The maximum atomic E-state index is 13.3. The zero-order chi connectivity index (χ0) is 18.9. The molecule has 0 bridgehead atoms. The molecule has 3 aromatic carbocycles. The Labute approximate surface area is 163 Å². The largest absolute Gasteiger partial charge is 0.361 e. The molecule has 0 saturated heterocycles. The Bertz CT molecular complexity index is 1160. The van der Waals surface area contributed by atoms with Crippen LogP contribution in [-0.2, 0) is 6.42 Å². The van der Waals surface area contributed by atoms with E-state index < -0.39 is 0 Å². The summed E-state index contributed by atoms with van der Waals surface area (Å²) in [6, 6.07) is 23.7. The van der Waals surface area contributed by atoms with Crippen LogP contribution < -0.4 is 0 Å². The molecule has 0 spiro atoms. The fraction of sp³-hybridized carbons (Fsp3) is 0.120. The quantitative estimate of drug-likeness (QED) is 0.352. The van der Waals surface area contributed by atoms with Crippen molar-refractivity contribution in [3.63, 3.8) is 0 Å². The van der Waals surface area contributed by atoms with E-state index in [1.54, 1.807) is 12.1 Å². The molecule has 2 heterocycles. The summed E-state index contributed by atoms with van der Waals surface area (Å²) >= 11 is 0. The predicted molar refractivity (Wildman–Crippen MR) is 113 cm³/mol. The number of hydrogen-bond acceptors (Lipinski definition) is 0. The highest BCUT2D eigenvalue weighted by molar-refractivity contribution is 5.88. The first-order valence-corrected chi connectivity index (χ1v) is 9.66. The summed E-state index contributed by atoms with van der Waals surface area (Å²) in [4.78, 5) is 6.85. The third-order valence-corrected chi connectivity index (χ3v) is 5.63. The van der Waals surface area contributed by atoms with Crippen molar-refractivity contribution in [2.75, 3.05) is 0 Å². The van der Waals surface area contributed by atoms with Crippen molar-refractivity contribution in [3.05, 3.63) is 108 Å². The van der Waals surface area contributed by atoms with Gasteiger partial charge < -0.3 is 9.97 Å². The Balaban J connectivity index is 1.58. The lowest BCUT2D eigenvalue weighted by Gasteiger charge is -2.17. The lowest BCUT2D eigenvalue weighted by molar-refractivity contribution is 0.626. The van der Waals surface area contributed by atoms with Gasteiger partial charge in [-0.15, -0.1) is 0 Å². The number of para-hydroxylation sites is 2. The molecular weight excluding hydrogens is 347 g/mol. The van der Waals surface area contributed by atoms with Crippen molar-refractivity contribution in [3.8, 4) is 0 Å². The number of halogens is 1. The molecule has 3 heteroatoms. The highest BCUT2D eigenvalue weighted by atomic mass is 19.1. The molecule has 5 rings (SSSR count). The summed E-state index contributed by atoms with van der Waals surface area (Å²) in [5.74, 6) is 0.0610. The predicted octanol–water partition coefficient (Wildman–Crippen LogP) is 6.55. The number of aromatic amines is 2. The number of H-pyrrole nitrogens is 2. The molecule has 0 radical (unpaired) electrons. The van der Waals surface area contributed by atoms with Gasteiger partial charge in [-0.25, -0.2) is 4.39 Å². The number of rotatable bonds is 5.